The van der Waals surface area contributed by atoms with E-state index < -0.39 is 10.0 Å². The van der Waals surface area contributed by atoms with Crippen molar-refractivity contribution in [1.82, 2.24) is 14.3 Å². The van der Waals surface area contributed by atoms with E-state index in [-0.39, 0.29) is 10.8 Å². The number of rotatable bonds is 5. The average Bonchev–Trinajstić information content (AvgIpc) is 2.54. The molecule has 1 heterocycles. The number of anilines is 1. The number of nitrogens with one attached hydrogen (secondary N) is 1. The van der Waals surface area contributed by atoms with Gasteiger partial charge in [0.15, 0.2) is 10.8 Å². The molecule has 0 aromatic carbocycles. The molecule has 1 aromatic heterocycles. The van der Waals surface area contributed by atoms with Crippen LogP contribution in [0.3, 0.4) is 0 Å². The summed E-state index contributed by atoms with van der Waals surface area (Å²) < 4.78 is 27.5. The van der Waals surface area contributed by atoms with E-state index in [2.05, 4.69) is 9.71 Å². The van der Waals surface area contributed by atoms with Crippen LogP contribution in [0.2, 0.25) is 0 Å². The molecule has 16 heavy (non-hydrogen) atoms. The topological polar surface area (TPSA) is 90.0 Å². The summed E-state index contributed by atoms with van der Waals surface area (Å²) in [4.78, 5) is 3.73. The number of imidazole rings is 1. The second-order valence-corrected chi connectivity index (χ2v) is 4.98. The van der Waals surface area contributed by atoms with E-state index in [4.69, 9.17) is 5.73 Å². The van der Waals surface area contributed by atoms with Crippen molar-refractivity contribution in [2.24, 2.45) is 7.05 Å². The molecule has 1 rings (SSSR count). The first kappa shape index (κ1) is 12.7. The van der Waals surface area contributed by atoms with Gasteiger partial charge in [0.1, 0.15) is 0 Å². The summed E-state index contributed by atoms with van der Waals surface area (Å²) >= 11 is 0. The lowest BCUT2D eigenvalue weighted by molar-refractivity contribution is 0.572. The summed E-state index contributed by atoms with van der Waals surface area (Å²) in [6.45, 7) is 2.23. The maximum absolute atomic E-state index is 11.8. The van der Waals surface area contributed by atoms with Crippen LogP contribution in [-0.2, 0) is 17.1 Å². The van der Waals surface area contributed by atoms with E-state index in [0.29, 0.717) is 13.0 Å². The average molecular weight is 244 g/mol. The molecule has 3 N–H and O–H groups in total. The minimum absolute atomic E-state index is 0.00739. The molecule has 90 valence electrons. The number of aromatic nitrogens is 2. The summed E-state index contributed by atoms with van der Waals surface area (Å²) in [6.07, 6.45) is 5.77. The van der Waals surface area contributed by atoms with Crippen molar-refractivity contribution in [3.8, 4) is 0 Å². The molecular formula is C9H16N4O2S. The zero-order valence-electron chi connectivity index (χ0n) is 9.34. The third-order valence-corrected chi connectivity index (χ3v) is 3.59. The van der Waals surface area contributed by atoms with Gasteiger partial charge in [0.05, 0.1) is 6.33 Å². The van der Waals surface area contributed by atoms with E-state index in [1.54, 1.807) is 7.05 Å². The molecule has 0 aliphatic carbocycles. The van der Waals surface area contributed by atoms with Crippen molar-refractivity contribution in [1.29, 1.82) is 0 Å². The Morgan fingerprint density at radius 3 is 2.81 bits per heavy atom. The Hall–Kier alpha value is -1.34. The van der Waals surface area contributed by atoms with Crippen molar-refractivity contribution in [2.75, 3.05) is 12.3 Å². The highest BCUT2D eigenvalue weighted by atomic mass is 32.2. The molecule has 0 aliphatic rings. The smallest absolute Gasteiger partial charge is 0.260 e. The van der Waals surface area contributed by atoms with Crippen LogP contribution in [0.5, 0.6) is 0 Å². The Kier molecular flexibility index (Phi) is 4.08. The molecule has 0 amide bonds. The third-order valence-electron chi connectivity index (χ3n) is 2.00. The third kappa shape index (κ3) is 2.83. The Bertz CT molecular complexity index is 456. The van der Waals surface area contributed by atoms with E-state index in [0.717, 1.165) is 0 Å². The van der Waals surface area contributed by atoms with Gasteiger partial charge in [-0.25, -0.2) is 18.1 Å². The lowest BCUT2D eigenvalue weighted by Crippen LogP contribution is -2.27. The summed E-state index contributed by atoms with van der Waals surface area (Å²) in [6, 6.07) is 0. The molecule has 0 bridgehead atoms. The zero-order chi connectivity index (χ0) is 12.2. The summed E-state index contributed by atoms with van der Waals surface area (Å²) in [7, 11) is -1.98. The number of nitrogens with zero attached hydrogens (tertiary/aromatic N) is 2. The fourth-order valence-corrected chi connectivity index (χ4v) is 2.55. The first-order valence-electron chi connectivity index (χ1n) is 4.86. The molecular weight excluding hydrogens is 228 g/mol. The molecule has 7 heteroatoms. The van der Waals surface area contributed by atoms with Crippen LogP contribution in [0, 0.1) is 0 Å². The number of nitrogen functional groups attached to an aromatic ring is 1. The molecule has 0 saturated heterocycles. The van der Waals surface area contributed by atoms with Crippen LogP contribution < -0.4 is 10.5 Å². The van der Waals surface area contributed by atoms with Gasteiger partial charge in [-0.15, -0.1) is 0 Å². The first-order valence-corrected chi connectivity index (χ1v) is 6.35. The molecule has 0 spiro atoms. The number of hydrogen-bond donors (Lipinski definition) is 2. The monoisotopic (exact) mass is 244 g/mol. The Balaban J connectivity index is 2.79. The molecule has 0 radical (unpaired) electrons. The number of hydrogen-bond acceptors (Lipinski definition) is 4. The minimum Gasteiger partial charge on any atom is -0.381 e. The van der Waals surface area contributed by atoms with Gasteiger partial charge < -0.3 is 10.3 Å². The van der Waals surface area contributed by atoms with Gasteiger partial charge in [0.2, 0.25) is 0 Å². The van der Waals surface area contributed by atoms with Gasteiger partial charge in [-0.1, -0.05) is 12.2 Å². The Labute approximate surface area is 95.2 Å². The van der Waals surface area contributed by atoms with E-state index in [9.17, 15) is 8.42 Å². The number of allylic oxidation sites excluding steroid dienone is 1. The van der Waals surface area contributed by atoms with Crippen LogP contribution >= 0.6 is 0 Å². The van der Waals surface area contributed by atoms with E-state index >= 15 is 0 Å². The van der Waals surface area contributed by atoms with Crippen LogP contribution in [-0.4, -0.2) is 24.5 Å². The van der Waals surface area contributed by atoms with E-state index in [1.807, 2.05) is 19.1 Å². The largest absolute Gasteiger partial charge is 0.381 e. The predicted molar refractivity (Wildman–Crippen MR) is 62.2 cm³/mol. The standard InChI is InChI=1S/C9H16N4O2S/c1-3-4-5-6-12-16(14,15)9-8(10)11-7-13(9)2/h3-4,7,12H,5-6,10H2,1-2H3/b4-3+. The fourth-order valence-electron chi connectivity index (χ4n) is 1.28. The first-order chi connectivity index (χ1) is 7.49. The van der Waals surface area contributed by atoms with Crippen LogP contribution in [0.4, 0.5) is 5.82 Å². The molecule has 0 fully saturated rings. The summed E-state index contributed by atoms with van der Waals surface area (Å²) in [5, 5.41) is 0.00739. The SMILES string of the molecule is C/C=C/CCNS(=O)(=O)c1c(N)ncn1C. The molecule has 0 saturated carbocycles. The lowest BCUT2D eigenvalue weighted by atomic mass is 10.4. The van der Waals surface area contributed by atoms with Gasteiger partial charge in [0.25, 0.3) is 10.0 Å². The molecule has 1 aromatic rings. The van der Waals surface area contributed by atoms with Crippen molar-refractivity contribution < 1.29 is 8.42 Å². The van der Waals surface area contributed by atoms with Crippen molar-refractivity contribution in [3.05, 3.63) is 18.5 Å². The minimum atomic E-state index is -3.57. The van der Waals surface area contributed by atoms with Crippen molar-refractivity contribution in [3.63, 3.8) is 0 Å². The number of nitrogens with two attached hydrogens (primary N) is 1. The van der Waals surface area contributed by atoms with Gasteiger partial charge in [0, 0.05) is 13.6 Å². The van der Waals surface area contributed by atoms with Gasteiger partial charge >= 0.3 is 0 Å². The highest BCUT2D eigenvalue weighted by molar-refractivity contribution is 7.89. The molecule has 6 nitrogen and oxygen atoms in total. The van der Waals surface area contributed by atoms with Crippen LogP contribution in [0.15, 0.2) is 23.5 Å². The zero-order valence-corrected chi connectivity index (χ0v) is 10.2. The normalized spacial score (nSPS) is 12.4. The lowest BCUT2D eigenvalue weighted by Gasteiger charge is -2.06. The highest BCUT2D eigenvalue weighted by Gasteiger charge is 2.21. The Morgan fingerprint density at radius 1 is 1.62 bits per heavy atom. The van der Waals surface area contributed by atoms with Gasteiger partial charge in [-0.2, -0.15) is 0 Å². The maximum atomic E-state index is 11.8. The van der Waals surface area contributed by atoms with Gasteiger partial charge in [-0.05, 0) is 13.3 Å². The summed E-state index contributed by atoms with van der Waals surface area (Å²) in [5.41, 5.74) is 5.49. The fraction of sp³-hybridized carbons (Fsp3) is 0.444. The number of sulfonamides is 1. The molecule has 0 atom stereocenters. The van der Waals surface area contributed by atoms with Crippen molar-refractivity contribution >= 4 is 15.8 Å². The second-order valence-electron chi connectivity index (χ2n) is 3.30. The van der Waals surface area contributed by atoms with Gasteiger partial charge in [-0.3, -0.25) is 0 Å². The second kappa shape index (κ2) is 5.13. The number of aryl methyl sites for hydroxylation is 1. The van der Waals surface area contributed by atoms with E-state index in [1.165, 1.54) is 10.9 Å². The predicted octanol–water partition coefficient (Wildman–Crippen LogP) is 0.247. The van der Waals surface area contributed by atoms with Crippen LogP contribution in [0.25, 0.3) is 0 Å². The quantitative estimate of drug-likeness (QED) is 0.573. The van der Waals surface area contributed by atoms with Crippen LogP contribution in [0.1, 0.15) is 13.3 Å². The molecule has 0 unspecified atom stereocenters. The van der Waals surface area contributed by atoms with Crippen molar-refractivity contribution in [2.45, 2.75) is 18.4 Å². The maximum Gasteiger partial charge on any atom is 0.260 e. The molecule has 0 aliphatic heterocycles. The summed E-state index contributed by atoms with van der Waals surface area (Å²) in [5.74, 6) is 0.0148. The highest BCUT2D eigenvalue weighted by Crippen LogP contribution is 2.14. The Morgan fingerprint density at radius 2 is 2.31 bits per heavy atom.